The van der Waals surface area contributed by atoms with E-state index in [-0.39, 0.29) is 17.9 Å². The van der Waals surface area contributed by atoms with Crippen molar-refractivity contribution in [2.24, 2.45) is 0 Å². The zero-order valence-electron chi connectivity index (χ0n) is 17.8. The summed E-state index contributed by atoms with van der Waals surface area (Å²) in [5.74, 6) is -0.267. The summed E-state index contributed by atoms with van der Waals surface area (Å²) in [6.07, 6.45) is 5.48. The SMILES string of the molecule is Cc1c(Cl)cccc1N1C(=O)c2cc3sccc3n2C[C@]1(C)C(=O)NC1CCCCC1. The molecule has 1 atom stereocenters. The molecule has 0 bridgehead atoms. The normalized spacial score (nSPS) is 22.0. The van der Waals surface area contributed by atoms with Crippen LogP contribution in [0.15, 0.2) is 35.7 Å². The van der Waals surface area contributed by atoms with Gasteiger partial charge in [-0.15, -0.1) is 11.3 Å². The first-order valence-corrected chi connectivity index (χ1v) is 12.1. The zero-order valence-corrected chi connectivity index (χ0v) is 19.4. The van der Waals surface area contributed by atoms with E-state index in [9.17, 15) is 9.59 Å². The fraction of sp³-hybridized carbons (Fsp3) is 0.417. The Morgan fingerprint density at radius 2 is 2.00 bits per heavy atom. The molecule has 2 aliphatic rings. The van der Waals surface area contributed by atoms with Crippen LogP contribution in [0.1, 0.15) is 55.1 Å². The van der Waals surface area contributed by atoms with E-state index in [1.54, 1.807) is 16.2 Å². The smallest absolute Gasteiger partial charge is 0.275 e. The molecule has 1 fully saturated rings. The van der Waals surface area contributed by atoms with Crippen LogP contribution in [0.2, 0.25) is 5.02 Å². The Morgan fingerprint density at radius 1 is 1.23 bits per heavy atom. The molecule has 5 nitrogen and oxygen atoms in total. The Balaban J connectivity index is 1.63. The average molecular weight is 456 g/mol. The third-order valence-corrected chi connectivity index (χ3v) is 8.08. The molecule has 1 aromatic carbocycles. The number of anilines is 1. The Labute approximate surface area is 191 Å². The predicted molar refractivity (Wildman–Crippen MR) is 126 cm³/mol. The highest BCUT2D eigenvalue weighted by atomic mass is 35.5. The van der Waals surface area contributed by atoms with E-state index in [4.69, 9.17) is 11.6 Å². The average Bonchev–Trinajstić information content (AvgIpc) is 3.34. The molecule has 0 spiro atoms. The number of carbonyl (C=O) groups is 2. The Hall–Kier alpha value is -2.31. The number of thiophene rings is 1. The van der Waals surface area contributed by atoms with E-state index < -0.39 is 5.54 Å². The van der Waals surface area contributed by atoms with Gasteiger partial charge in [0.1, 0.15) is 11.2 Å². The number of rotatable bonds is 3. The van der Waals surface area contributed by atoms with Gasteiger partial charge in [-0.25, -0.2) is 0 Å². The number of benzene rings is 1. The minimum Gasteiger partial charge on any atom is -0.351 e. The van der Waals surface area contributed by atoms with Crippen LogP contribution in [0.5, 0.6) is 0 Å². The minimum atomic E-state index is -1.06. The van der Waals surface area contributed by atoms with E-state index in [0.717, 1.165) is 41.5 Å². The van der Waals surface area contributed by atoms with Crippen molar-refractivity contribution in [3.05, 3.63) is 52.0 Å². The molecule has 1 saturated carbocycles. The zero-order chi connectivity index (χ0) is 21.8. The van der Waals surface area contributed by atoms with Crippen LogP contribution >= 0.6 is 22.9 Å². The van der Waals surface area contributed by atoms with Crippen molar-refractivity contribution < 1.29 is 9.59 Å². The summed E-state index contributed by atoms with van der Waals surface area (Å²) in [6, 6.07) is 9.66. The lowest BCUT2D eigenvalue weighted by Crippen LogP contribution is -2.65. The first kappa shape index (κ1) is 20.6. The van der Waals surface area contributed by atoms with Gasteiger partial charge in [-0.1, -0.05) is 36.9 Å². The van der Waals surface area contributed by atoms with E-state index in [1.165, 1.54) is 6.42 Å². The van der Waals surface area contributed by atoms with Crippen molar-refractivity contribution in [2.45, 2.75) is 64.1 Å². The molecule has 31 heavy (non-hydrogen) atoms. The monoisotopic (exact) mass is 455 g/mol. The summed E-state index contributed by atoms with van der Waals surface area (Å²) in [6.45, 7) is 4.18. The number of hydrogen-bond donors (Lipinski definition) is 1. The van der Waals surface area contributed by atoms with Crippen LogP contribution in [0.25, 0.3) is 10.2 Å². The van der Waals surface area contributed by atoms with E-state index in [0.29, 0.717) is 22.9 Å². The first-order chi connectivity index (χ1) is 14.9. The summed E-state index contributed by atoms with van der Waals surface area (Å²) in [5, 5.41) is 5.88. The van der Waals surface area contributed by atoms with Gasteiger partial charge in [-0.05, 0) is 61.9 Å². The van der Waals surface area contributed by atoms with Gasteiger partial charge in [-0.2, -0.15) is 0 Å². The molecular formula is C24H26ClN3O2S. The fourth-order valence-corrected chi connectivity index (χ4v) is 6.01. The lowest BCUT2D eigenvalue weighted by Gasteiger charge is -2.45. The Kier molecular flexibility index (Phi) is 5.10. The summed E-state index contributed by atoms with van der Waals surface area (Å²) in [5.41, 5.74) is 2.05. The molecule has 162 valence electrons. The maximum absolute atomic E-state index is 13.8. The molecule has 3 heterocycles. The summed E-state index contributed by atoms with van der Waals surface area (Å²) in [4.78, 5) is 29.3. The number of aromatic nitrogens is 1. The number of carbonyl (C=O) groups excluding carboxylic acids is 2. The van der Waals surface area contributed by atoms with Crippen LogP contribution in [0.4, 0.5) is 5.69 Å². The molecule has 2 aromatic heterocycles. The molecular weight excluding hydrogens is 430 g/mol. The number of nitrogens with zero attached hydrogens (tertiary/aromatic N) is 2. The second-order valence-corrected chi connectivity index (χ2v) is 10.2. The molecule has 0 radical (unpaired) electrons. The largest absolute Gasteiger partial charge is 0.351 e. The second kappa shape index (κ2) is 7.68. The number of amides is 2. The second-order valence-electron chi connectivity index (χ2n) is 8.89. The number of nitrogens with one attached hydrogen (secondary N) is 1. The third kappa shape index (κ3) is 3.28. The van der Waals surface area contributed by atoms with Crippen LogP contribution in [0, 0.1) is 6.92 Å². The van der Waals surface area contributed by atoms with Crippen molar-refractivity contribution in [3.8, 4) is 0 Å². The van der Waals surface area contributed by atoms with Crippen LogP contribution in [-0.4, -0.2) is 28.0 Å². The minimum absolute atomic E-state index is 0.102. The summed E-state index contributed by atoms with van der Waals surface area (Å²) in [7, 11) is 0. The van der Waals surface area contributed by atoms with E-state index >= 15 is 0 Å². The van der Waals surface area contributed by atoms with Gasteiger partial charge in [0.2, 0.25) is 5.91 Å². The van der Waals surface area contributed by atoms with E-state index in [1.807, 2.05) is 54.1 Å². The number of hydrogen-bond acceptors (Lipinski definition) is 3. The van der Waals surface area contributed by atoms with Crippen molar-refractivity contribution >= 4 is 50.7 Å². The maximum Gasteiger partial charge on any atom is 0.275 e. The molecule has 3 aromatic rings. The lowest BCUT2D eigenvalue weighted by molar-refractivity contribution is -0.127. The van der Waals surface area contributed by atoms with Crippen LogP contribution < -0.4 is 10.2 Å². The highest BCUT2D eigenvalue weighted by molar-refractivity contribution is 7.17. The lowest BCUT2D eigenvalue weighted by atomic mass is 9.90. The molecule has 0 unspecified atom stereocenters. The highest BCUT2D eigenvalue weighted by Gasteiger charge is 2.49. The molecule has 5 rings (SSSR count). The summed E-state index contributed by atoms with van der Waals surface area (Å²) >= 11 is 8.02. The molecule has 7 heteroatoms. The van der Waals surface area contributed by atoms with Gasteiger partial charge < -0.3 is 9.88 Å². The van der Waals surface area contributed by atoms with Gasteiger partial charge in [0.25, 0.3) is 5.91 Å². The number of halogens is 1. The topological polar surface area (TPSA) is 54.3 Å². The molecule has 0 saturated heterocycles. The van der Waals surface area contributed by atoms with Crippen molar-refractivity contribution in [2.75, 3.05) is 4.90 Å². The van der Waals surface area contributed by atoms with Crippen LogP contribution in [0.3, 0.4) is 0 Å². The molecule has 1 aliphatic heterocycles. The fourth-order valence-electron chi connectivity index (χ4n) is 5.02. The Morgan fingerprint density at radius 3 is 2.77 bits per heavy atom. The third-order valence-electron chi connectivity index (χ3n) is 6.81. The molecule has 1 N–H and O–H groups in total. The van der Waals surface area contributed by atoms with Crippen molar-refractivity contribution in [1.82, 2.24) is 9.88 Å². The molecule has 2 amide bonds. The number of fused-ring (bicyclic) bond motifs is 3. The van der Waals surface area contributed by atoms with Crippen molar-refractivity contribution in [3.63, 3.8) is 0 Å². The quantitative estimate of drug-likeness (QED) is 0.564. The molecule has 1 aliphatic carbocycles. The van der Waals surface area contributed by atoms with Gasteiger partial charge in [0.15, 0.2) is 0 Å². The standard InChI is InChI=1S/C24H26ClN3O2S/c1-15-17(25)9-6-10-18(15)28-22(29)20-13-21-19(11-12-31-21)27(20)14-24(28,2)23(30)26-16-7-4-3-5-8-16/h6,9-13,16H,3-5,7-8,14H2,1-2H3,(H,26,30)/t24-/m1/s1. The maximum atomic E-state index is 13.8. The van der Waals surface area contributed by atoms with Crippen molar-refractivity contribution in [1.29, 1.82) is 0 Å². The Bertz CT molecular complexity index is 1180. The highest BCUT2D eigenvalue weighted by Crippen LogP contribution is 2.39. The first-order valence-electron chi connectivity index (χ1n) is 10.9. The summed E-state index contributed by atoms with van der Waals surface area (Å²) < 4.78 is 3.06. The van der Waals surface area contributed by atoms with Gasteiger partial charge >= 0.3 is 0 Å². The van der Waals surface area contributed by atoms with E-state index in [2.05, 4.69) is 5.32 Å². The van der Waals surface area contributed by atoms with Gasteiger partial charge in [0.05, 0.1) is 16.8 Å². The van der Waals surface area contributed by atoms with Gasteiger partial charge in [-0.3, -0.25) is 14.5 Å². The van der Waals surface area contributed by atoms with Crippen LogP contribution in [-0.2, 0) is 11.3 Å². The van der Waals surface area contributed by atoms with Gasteiger partial charge in [0, 0.05) is 16.8 Å². The predicted octanol–water partition coefficient (Wildman–Crippen LogP) is 5.53.